The Hall–Kier alpha value is -2.67. The first-order valence-electron chi connectivity index (χ1n) is 12.2. The van der Waals surface area contributed by atoms with Crippen molar-refractivity contribution in [1.29, 1.82) is 0 Å². The Kier molecular flexibility index (Phi) is 10.1. The van der Waals surface area contributed by atoms with Gasteiger partial charge in [0.15, 0.2) is 11.0 Å². The lowest BCUT2D eigenvalue weighted by Gasteiger charge is -2.16. The van der Waals surface area contributed by atoms with Crippen LogP contribution in [0, 0.1) is 12.7 Å². The second-order valence-electron chi connectivity index (χ2n) is 8.73. The fraction of sp³-hybridized carbons (Fsp3) is 0.444. The largest absolute Gasteiger partial charge is 0.346 e. The number of aromatic nitrogens is 3. The van der Waals surface area contributed by atoms with E-state index in [2.05, 4.69) is 34.6 Å². The third-order valence-electron chi connectivity index (χ3n) is 5.75. The maximum absolute atomic E-state index is 13.2. The minimum Gasteiger partial charge on any atom is -0.346 e. The monoisotopic (exact) mass is 482 g/mol. The lowest BCUT2D eigenvalue weighted by Crippen LogP contribution is -2.28. The number of rotatable bonds is 13. The van der Waals surface area contributed by atoms with E-state index in [0.717, 1.165) is 29.2 Å². The number of amides is 1. The van der Waals surface area contributed by atoms with Crippen molar-refractivity contribution in [3.63, 3.8) is 0 Å². The zero-order chi connectivity index (χ0) is 24.3. The third-order valence-corrected chi connectivity index (χ3v) is 6.75. The topological polar surface area (TPSA) is 59.8 Å². The van der Waals surface area contributed by atoms with Crippen molar-refractivity contribution < 1.29 is 9.18 Å². The van der Waals surface area contributed by atoms with Gasteiger partial charge in [-0.1, -0.05) is 80.6 Å². The molecule has 0 aliphatic rings. The molecule has 3 rings (SSSR count). The van der Waals surface area contributed by atoms with Gasteiger partial charge in [-0.05, 0) is 50.1 Å². The molecule has 2 aromatic carbocycles. The van der Waals surface area contributed by atoms with E-state index in [-0.39, 0.29) is 17.8 Å². The average molecular weight is 483 g/mol. The Morgan fingerprint density at radius 1 is 1.00 bits per heavy atom. The van der Waals surface area contributed by atoms with Crippen molar-refractivity contribution in [2.75, 3.05) is 0 Å². The highest BCUT2D eigenvalue weighted by molar-refractivity contribution is 7.98. The second-order valence-corrected chi connectivity index (χ2v) is 9.68. The van der Waals surface area contributed by atoms with E-state index >= 15 is 0 Å². The van der Waals surface area contributed by atoms with Crippen molar-refractivity contribution in [1.82, 2.24) is 20.1 Å². The molecule has 0 aliphatic carbocycles. The normalized spacial score (nSPS) is 12.0. The van der Waals surface area contributed by atoms with Crippen molar-refractivity contribution in [3.8, 4) is 5.69 Å². The van der Waals surface area contributed by atoms with Crippen LogP contribution in [0.2, 0.25) is 0 Å². The summed E-state index contributed by atoms with van der Waals surface area (Å²) in [5, 5.41) is 12.7. The van der Waals surface area contributed by atoms with Gasteiger partial charge in [-0.3, -0.25) is 9.36 Å². The molecule has 0 radical (unpaired) electrons. The lowest BCUT2D eigenvalue weighted by atomic mass is 10.1. The molecule has 0 aliphatic heterocycles. The van der Waals surface area contributed by atoms with Crippen LogP contribution in [0.25, 0.3) is 5.69 Å². The van der Waals surface area contributed by atoms with Gasteiger partial charge in [0.25, 0.3) is 0 Å². The molecule has 3 aromatic rings. The summed E-state index contributed by atoms with van der Waals surface area (Å²) in [5.41, 5.74) is 3.12. The van der Waals surface area contributed by atoms with Gasteiger partial charge >= 0.3 is 0 Å². The van der Waals surface area contributed by atoms with Crippen LogP contribution in [-0.2, 0) is 10.5 Å². The standard InChI is InChI=1S/C27H35FN4OS/c1-4-5-6-7-8-9-10-25(33)29-21(3)26-30-31-27(32(26)24-17-11-20(2)12-18-24)34-19-22-13-15-23(28)16-14-22/h11-18,21H,4-10,19H2,1-3H3,(H,29,33). The number of nitrogens with one attached hydrogen (secondary N) is 1. The van der Waals surface area contributed by atoms with Crippen LogP contribution >= 0.6 is 11.8 Å². The Morgan fingerprint density at radius 2 is 1.68 bits per heavy atom. The van der Waals surface area contributed by atoms with Gasteiger partial charge < -0.3 is 5.32 Å². The van der Waals surface area contributed by atoms with Gasteiger partial charge in [0, 0.05) is 17.9 Å². The van der Waals surface area contributed by atoms with Crippen LogP contribution < -0.4 is 5.32 Å². The number of thioether (sulfide) groups is 1. The van der Waals surface area contributed by atoms with Crippen molar-refractivity contribution in [2.45, 2.75) is 82.7 Å². The molecule has 1 amide bonds. The Labute approximate surface area is 206 Å². The molecular weight excluding hydrogens is 447 g/mol. The first-order valence-corrected chi connectivity index (χ1v) is 13.2. The van der Waals surface area contributed by atoms with Crippen LogP contribution in [-0.4, -0.2) is 20.7 Å². The van der Waals surface area contributed by atoms with E-state index in [0.29, 0.717) is 18.0 Å². The van der Waals surface area contributed by atoms with E-state index < -0.39 is 0 Å². The van der Waals surface area contributed by atoms with Gasteiger partial charge in [0.05, 0.1) is 6.04 Å². The van der Waals surface area contributed by atoms with Crippen molar-refractivity contribution >= 4 is 17.7 Å². The van der Waals surface area contributed by atoms with Crippen LogP contribution in [0.1, 0.15) is 81.8 Å². The predicted molar refractivity (Wildman–Crippen MR) is 137 cm³/mol. The number of unbranched alkanes of at least 4 members (excludes halogenated alkanes) is 5. The highest BCUT2D eigenvalue weighted by Crippen LogP contribution is 2.28. The molecule has 1 heterocycles. The fourth-order valence-corrected chi connectivity index (χ4v) is 4.68. The maximum Gasteiger partial charge on any atom is 0.220 e. The van der Waals surface area contributed by atoms with Crippen LogP contribution in [0.4, 0.5) is 4.39 Å². The Bertz CT molecular complexity index is 1030. The van der Waals surface area contributed by atoms with Gasteiger partial charge in [0.1, 0.15) is 5.82 Å². The number of nitrogens with zero attached hydrogens (tertiary/aromatic N) is 3. The fourth-order valence-electron chi connectivity index (χ4n) is 3.76. The van der Waals surface area contributed by atoms with E-state index in [1.807, 2.05) is 30.5 Å². The molecule has 34 heavy (non-hydrogen) atoms. The van der Waals surface area contributed by atoms with Gasteiger partial charge in [-0.25, -0.2) is 4.39 Å². The number of hydrogen-bond donors (Lipinski definition) is 1. The zero-order valence-corrected chi connectivity index (χ0v) is 21.2. The highest BCUT2D eigenvalue weighted by atomic mass is 32.2. The molecule has 5 nitrogen and oxygen atoms in total. The molecule has 7 heteroatoms. The number of carbonyl (C=O) groups is 1. The number of aryl methyl sites for hydroxylation is 1. The van der Waals surface area contributed by atoms with Gasteiger partial charge in [-0.2, -0.15) is 0 Å². The molecule has 1 atom stereocenters. The summed E-state index contributed by atoms with van der Waals surface area (Å²) in [4.78, 5) is 12.5. The summed E-state index contributed by atoms with van der Waals surface area (Å²) >= 11 is 1.54. The van der Waals surface area contributed by atoms with Crippen LogP contribution in [0.5, 0.6) is 0 Å². The first kappa shape index (κ1) is 25.9. The van der Waals surface area contributed by atoms with E-state index in [9.17, 15) is 9.18 Å². The number of halogens is 1. The molecule has 0 bridgehead atoms. The van der Waals surface area contributed by atoms with Crippen LogP contribution in [0.15, 0.2) is 53.7 Å². The number of benzene rings is 2. The highest BCUT2D eigenvalue weighted by Gasteiger charge is 2.21. The molecule has 1 N–H and O–H groups in total. The third kappa shape index (κ3) is 7.69. The SMILES string of the molecule is CCCCCCCCC(=O)NC(C)c1nnc(SCc2ccc(F)cc2)n1-c1ccc(C)cc1. The van der Waals surface area contributed by atoms with E-state index in [1.165, 1.54) is 55.1 Å². The van der Waals surface area contributed by atoms with Gasteiger partial charge in [-0.15, -0.1) is 10.2 Å². The van der Waals surface area contributed by atoms with Crippen molar-refractivity contribution in [2.24, 2.45) is 0 Å². The molecular formula is C27H35FN4OS. The summed E-state index contributed by atoms with van der Waals surface area (Å²) < 4.78 is 15.2. The molecule has 0 saturated heterocycles. The maximum atomic E-state index is 13.2. The molecule has 1 aromatic heterocycles. The Morgan fingerprint density at radius 3 is 2.38 bits per heavy atom. The molecule has 1 unspecified atom stereocenters. The van der Waals surface area contributed by atoms with Crippen molar-refractivity contribution in [3.05, 3.63) is 71.3 Å². The predicted octanol–water partition coefficient (Wildman–Crippen LogP) is 6.93. The Balaban J connectivity index is 1.69. The minimum absolute atomic E-state index is 0.0435. The second kappa shape index (κ2) is 13.3. The number of hydrogen-bond acceptors (Lipinski definition) is 4. The molecule has 0 saturated carbocycles. The lowest BCUT2D eigenvalue weighted by molar-refractivity contribution is -0.121. The quantitative estimate of drug-likeness (QED) is 0.212. The molecule has 0 spiro atoms. The summed E-state index contributed by atoms with van der Waals surface area (Å²) in [7, 11) is 0. The van der Waals surface area contributed by atoms with Crippen LogP contribution in [0.3, 0.4) is 0 Å². The van der Waals surface area contributed by atoms with E-state index in [1.54, 1.807) is 12.1 Å². The molecule has 182 valence electrons. The average Bonchev–Trinajstić information content (AvgIpc) is 3.25. The summed E-state index contributed by atoms with van der Waals surface area (Å²) in [6.45, 7) is 6.20. The number of carbonyl (C=O) groups excluding carboxylic acids is 1. The van der Waals surface area contributed by atoms with Gasteiger partial charge in [0.2, 0.25) is 5.91 Å². The summed E-state index contributed by atoms with van der Waals surface area (Å²) in [5.74, 6) is 1.14. The van der Waals surface area contributed by atoms with E-state index in [4.69, 9.17) is 0 Å². The molecule has 0 fully saturated rings. The first-order chi connectivity index (χ1) is 16.5. The zero-order valence-electron chi connectivity index (χ0n) is 20.4. The smallest absolute Gasteiger partial charge is 0.220 e. The summed E-state index contributed by atoms with van der Waals surface area (Å²) in [6.07, 6.45) is 7.45. The summed E-state index contributed by atoms with van der Waals surface area (Å²) in [6, 6.07) is 14.4. The minimum atomic E-state index is -0.276.